The first-order valence-electron chi connectivity index (χ1n) is 12.0. The molecule has 2 heterocycles. The maximum Gasteiger partial charge on any atom is 0.258 e. The minimum atomic E-state index is -0.130. The summed E-state index contributed by atoms with van der Waals surface area (Å²) in [5.74, 6) is 2.11. The van der Waals surface area contributed by atoms with Gasteiger partial charge in [-0.3, -0.25) is 14.5 Å². The molecule has 2 atom stereocenters. The Balaban J connectivity index is 1.28. The summed E-state index contributed by atoms with van der Waals surface area (Å²) in [6, 6.07) is 15.7. The Morgan fingerprint density at radius 1 is 1.06 bits per heavy atom. The quantitative estimate of drug-likeness (QED) is 0.547. The first kappa shape index (κ1) is 23.2. The van der Waals surface area contributed by atoms with Crippen LogP contribution >= 0.6 is 0 Å². The highest BCUT2D eigenvalue weighted by atomic mass is 16.1. The summed E-state index contributed by atoms with van der Waals surface area (Å²) in [4.78, 5) is 34.5. The average molecular weight is 447 g/mol. The van der Waals surface area contributed by atoms with E-state index in [0.29, 0.717) is 42.5 Å². The summed E-state index contributed by atoms with van der Waals surface area (Å²) in [7, 11) is 0. The van der Waals surface area contributed by atoms with Crippen LogP contribution in [0.4, 0.5) is 0 Å². The second kappa shape index (κ2) is 10.8. The van der Waals surface area contributed by atoms with Crippen LogP contribution in [-0.4, -0.2) is 33.9 Å². The number of amides is 1. The van der Waals surface area contributed by atoms with Crippen molar-refractivity contribution < 1.29 is 4.79 Å². The van der Waals surface area contributed by atoms with E-state index in [9.17, 15) is 9.59 Å². The van der Waals surface area contributed by atoms with E-state index >= 15 is 0 Å². The molecule has 0 saturated carbocycles. The van der Waals surface area contributed by atoms with Gasteiger partial charge in [-0.05, 0) is 47.9 Å². The Bertz CT molecular complexity index is 1150. The Morgan fingerprint density at radius 3 is 2.55 bits per heavy atom. The Morgan fingerprint density at radius 2 is 1.76 bits per heavy atom. The van der Waals surface area contributed by atoms with Gasteiger partial charge in [0.1, 0.15) is 5.82 Å². The van der Waals surface area contributed by atoms with Gasteiger partial charge in [-0.15, -0.1) is 0 Å². The highest BCUT2D eigenvalue weighted by Gasteiger charge is 2.22. The largest absolute Gasteiger partial charge is 0.352 e. The van der Waals surface area contributed by atoms with Crippen molar-refractivity contribution >= 4 is 16.8 Å². The molecule has 1 aromatic heterocycles. The van der Waals surface area contributed by atoms with Crippen molar-refractivity contribution in [2.75, 3.05) is 13.1 Å². The molecular weight excluding hydrogens is 412 g/mol. The Kier molecular flexibility index (Phi) is 7.55. The zero-order valence-electron chi connectivity index (χ0n) is 19.6. The first-order chi connectivity index (χ1) is 16.0. The number of likely N-dealkylation sites (tertiary alicyclic amines) is 1. The number of hydrogen-bond donors (Lipinski definition) is 2. The number of hydrogen-bond acceptors (Lipinski definition) is 4. The standard InChI is InChI=1S/C27H34N4O2/c1-19-14-20(2)17-31(16-19)18-22-9-4-3-8-21(22)15-28-26(32)13-7-12-25-29-24-11-6-5-10-23(24)27(33)30-25/h3-6,8-11,19-20H,7,12-18H2,1-2H3,(H,28,32)(H,29,30,33)/t19-,20-/m1/s1. The number of nitrogens with one attached hydrogen (secondary N) is 2. The number of carbonyl (C=O) groups is 1. The summed E-state index contributed by atoms with van der Waals surface area (Å²) >= 11 is 0. The van der Waals surface area contributed by atoms with Crippen LogP contribution in [0.2, 0.25) is 0 Å². The molecule has 1 amide bonds. The van der Waals surface area contributed by atoms with Crippen molar-refractivity contribution in [3.05, 3.63) is 75.8 Å². The van der Waals surface area contributed by atoms with Gasteiger partial charge < -0.3 is 10.3 Å². The van der Waals surface area contributed by atoms with E-state index in [1.165, 1.54) is 17.5 Å². The number of nitrogens with zero attached hydrogens (tertiary/aromatic N) is 2. The van der Waals surface area contributed by atoms with Gasteiger partial charge in [-0.1, -0.05) is 50.2 Å². The monoisotopic (exact) mass is 446 g/mol. The van der Waals surface area contributed by atoms with E-state index in [1.807, 2.05) is 24.3 Å². The van der Waals surface area contributed by atoms with Crippen molar-refractivity contribution in [2.45, 2.75) is 52.6 Å². The molecule has 1 aliphatic rings. The number of aromatic amines is 1. The van der Waals surface area contributed by atoms with E-state index in [0.717, 1.165) is 31.5 Å². The molecule has 1 saturated heterocycles. The van der Waals surface area contributed by atoms with Crippen molar-refractivity contribution in [3.63, 3.8) is 0 Å². The third kappa shape index (κ3) is 6.29. The van der Waals surface area contributed by atoms with E-state index < -0.39 is 0 Å². The lowest BCUT2D eigenvalue weighted by atomic mass is 9.91. The maximum absolute atomic E-state index is 12.5. The minimum absolute atomic E-state index is 0.0214. The lowest BCUT2D eigenvalue weighted by molar-refractivity contribution is -0.121. The maximum atomic E-state index is 12.5. The molecular formula is C27H34N4O2. The fourth-order valence-electron chi connectivity index (χ4n) is 5.00. The van der Waals surface area contributed by atoms with E-state index in [4.69, 9.17) is 0 Å². The van der Waals surface area contributed by atoms with Crippen LogP contribution in [-0.2, 0) is 24.3 Å². The van der Waals surface area contributed by atoms with Crippen LogP contribution in [0.5, 0.6) is 0 Å². The van der Waals surface area contributed by atoms with E-state index in [-0.39, 0.29) is 11.5 Å². The number of rotatable bonds is 8. The van der Waals surface area contributed by atoms with Crippen molar-refractivity contribution in [1.29, 1.82) is 0 Å². The average Bonchev–Trinajstić information content (AvgIpc) is 2.78. The van der Waals surface area contributed by atoms with Crippen LogP contribution in [0.15, 0.2) is 53.3 Å². The number of carbonyl (C=O) groups excluding carboxylic acids is 1. The molecule has 2 N–H and O–H groups in total. The molecule has 3 aromatic rings. The molecule has 0 bridgehead atoms. The minimum Gasteiger partial charge on any atom is -0.352 e. The molecule has 174 valence electrons. The molecule has 4 rings (SSSR count). The molecule has 6 nitrogen and oxygen atoms in total. The van der Waals surface area contributed by atoms with Gasteiger partial charge >= 0.3 is 0 Å². The molecule has 0 unspecified atom stereocenters. The molecule has 2 aromatic carbocycles. The van der Waals surface area contributed by atoms with Crippen molar-refractivity contribution in [2.24, 2.45) is 11.8 Å². The Labute approximate surface area is 195 Å². The summed E-state index contributed by atoms with van der Waals surface area (Å²) < 4.78 is 0. The van der Waals surface area contributed by atoms with Gasteiger partial charge in [0.15, 0.2) is 0 Å². The molecule has 0 radical (unpaired) electrons. The number of fused-ring (bicyclic) bond motifs is 1. The molecule has 6 heteroatoms. The number of para-hydroxylation sites is 1. The van der Waals surface area contributed by atoms with Crippen LogP contribution in [0.3, 0.4) is 0 Å². The normalized spacial score (nSPS) is 19.0. The molecule has 0 aliphatic carbocycles. The molecule has 1 aliphatic heterocycles. The second-order valence-corrected chi connectivity index (χ2v) is 9.57. The summed E-state index contributed by atoms with van der Waals surface area (Å²) in [6.45, 7) is 8.41. The smallest absolute Gasteiger partial charge is 0.258 e. The van der Waals surface area contributed by atoms with Crippen molar-refractivity contribution in [3.8, 4) is 0 Å². The number of aryl methyl sites for hydroxylation is 1. The summed E-state index contributed by atoms with van der Waals surface area (Å²) in [6.07, 6.45) is 2.91. The molecule has 0 spiro atoms. The highest BCUT2D eigenvalue weighted by Crippen LogP contribution is 2.23. The third-order valence-electron chi connectivity index (χ3n) is 6.41. The van der Waals surface area contributed by atoms with Crippen molar-refractivity contribution in [1.82, 2.24) is 20.2 Å². The van der Waals surface area contributed by atoms with Crippen LogP contribution < -0.4 is 10.9 Å². The van der Waals surface area contributed by atoms with E-state index in [2.05, 4.69) is 52.2 Å². The predicted molar refractivity (Wildman–Crippen MR) is 132 cm³/mol. The van der Waals surface area contributed by atoms with Gasteiger partial charge in [-0.25, -0.2) is 4.98 Å². The molecule has 1 fully saturated rings. The highest BCUT2D eigenvalue weighted by molar-refractivity contribution is 5.77. The second-order valence-electron chi connectivity index (χ2n) is 9.57. The number of piperidine rings is 1. The topological polar surface area (TPSA) is 78.1 Å². The van der Waals surface area contributed by atoms with Gasteiger partial charge in [0, 0.05) is 39.0 Å². The fourth-order valence-corrected chi connectivity index (χ4v) is 5.00. The van der Waals surface area contributed by atoms with Crippen LogP contribution in [0.1, 0.15) is 50.1 Å². The number of H-pyrrole nitrogens is 1. The predicted octanol–water partition coefficient (Wildman–Crippen LogP) is 4.04. The van der Waals surface area contributed by atoms with Crippen LogP contribution in [0.25, 0.3) is 10.9 Å². The number of aromatic nitrogens is 2. The molecule has 33 heavy (non-hydrogen) atoms. The van der Waals surface area contributed by atoms with Crippen LogP contribution in [0, 0.1) is 11.8 Å². The van der Waals surface area contributed by atoms with Gasteiger partial charge in [0.2, 0.25) is 5.91 Å². The Hall–Kier alpha value is -2.99. The zero-order chi connectivity index (χ0) is 23.2. The zero-order valence-corrected chi connectivity index (χ0v) is 19.6. The SMILES string of the molecule is C[C@@H]1C[C@@H](C)CN(Cc2ccccc2CNC(=O)CCCc2nc3ccccc3c(=O)[nH]2)C1. The van der Waals surface area contributed by atoms with Gasteiger partial charge in [-0.2, -0.15) is 0 Å². The van der Waals surface area contributed by atoms with E-state index in [1.54, 1.807) is 6.07 Å². The fraction of sp³-hybridized carbons (Fsp3) is 0.444. The lowest BCUT2D eigenvalue weighted by Gasteiger charge is -2.35. The lowest BCUT2D eigenvalue weighted by Crippen LogP contribution is -2.38. The number of benzene rings is 2. The summed E-state index contributed by atoms with van der Waals surface area (Å²) in [5.41, 5.74) is 3.03. The van der Waals surface area contributed by atoms with Gasteiger partial charge in [0.25, 0.3) is 5.56 Å². The summed E-state index contributed by atoms with van der Waals surface area (Å²) in [5, 5.41) is 3.66. The third-order valence-corrected chi connectivity index (χ3v) is 6.41. The van der Waals surface area contributed by atoms with Gasteiger partial charge in [0.05, 0.1) is 10.9 Å². The first-order valence-corrected chi connectivity index (χ1v) is 12.0.